The number of rotatable bonds is 5. The third-order valence-electron chi connectivity index (χ3n) is 3.97. The van der Waals surface area contributed by atoms with Crippen LogP contribution in [0.4, 0.5) is 5.69 Å². The van der Waals surface area contributed by atoms with Gasteiger partial charge in [-0.15, -0.1) is 0 Å². The van der Waals surface area contributed by atoms with Gasteiger partial charge in [-0.2, -0.15) is 0 Å². The fraction of sp³-hybridized carbons (Fsp3) is 0.600. The van der Waals surface area contributed by atoms with E-state index in [0.29, 0.717) is 19.0 Å². The van der Waals surface area contributed by atoms with E-state index < -0.39 is 5.60 Å². The molecule has 0 spiro atoms. The molecular formula is C15H24N2O. The molecule has 3 heteroatoms. The smallest absolute Gasteiger partial charge is 0.0970 e. The summed E-state index contributed by atoms with van der Waals surface area (Å²) in [6.45, 7) is 5.15. The van der Waals surface area contributed by atoms with Crippen molar-refractivity contribution in [3.05, 3.63) is 29.3 Å². The Balaban J connectivity index is 2.13. The molecule has 0 heterocycles. The maximum atomic E-state index is 10.6. The highest BCUT2D eigenvalue weighted by molar-refractivity contribution is 5.54. The van der Waals surface area contributed by atoms with Crippen LogP contribution in [0.15, 0.2) is 18.2 Å². The highest BCUT2D eigenvalue weighted by Crippen LogP contribution is 2.40. The summed E-state index contributed by atoms with van der Waals surface area (Å²) in [7, 11) is 2.03. The average molecular weight is 248 g/mol. The molecule has 0 radical (unpaired) electrons. The minimum atomic E-state index is -0.730. The SMILES string of the molecule is Cc1ccc(N(C)CC(O)(CN)C2CC2)c(C)c1. The zero-order valence-corrected chi connectivity index (χ0v) is 11.6. The van der Waals surface area contributed by atoms with Gasteiger partial charge in [-0.1, -0.05) is 17.7 Å². The average Bonchev–Trinajstić information content (AvgIpc) is 3.12. The van der Waals surface area contributed by atoms with Gasteiger partial charge in [0, 0.05) is 25.8 Å². The first-order valence-corrected chi connectivity index (χ1v) is 6.67. The van der Waals surface area contributed by atoms with Crippen molar-refractivity contribution in [1.29, 1.82) is 0 Å². The maximum Gasteiger partial charge on any atom is 0.0970 e. The second-order valence-electron chi connectivity index (χ2n) is 5.73. The van der Waals surface area contributed by atoms with Gasteiger partial charge >= 0.3 is 0 Å². The lowest BCUT2D eigenvalue weighted by atomic mass is 9.96. The quantitative estimate of drug-likeness (QED) is 0.836. The highest BCUT2D eigenvalue weighted by atomic mass is 16.3. The van der Waals surface area contributed by atoms with Crippen LogP contribution < -0.4 is 10.6 Å². The zero-order valence-electron chi connectivity index (χ0n) is 11.6. The summed E-state index contributed by atoms with van der Waals surface area (Å²) in [5.41, 5.74) is 8.71. The first-order valence-electron chi connectivity index (χ1n) is 6.67. The first kappa shape index (κ1) is 13.4. The molecule has 1 saturated carbocycles. The lowest BCUT2D eigenvalue weighted by molar-refractivity contribution is 0.0344. The van der Waals surface area contributed by atoms with Crippen molar-refractivity contribution < 1.29 is 5.11 Å². The Kier molecular flexibility index (Phi) is 3.64. The summed E-state index contributed by atoms with van der Waals surface area (Å²) >= 11 is 0. The van der Waals surface area contributed by atoms with Crippen LogP contribution >= 0.6 is 0 Å². The standard InChI is InChI=1S/C15H24N2O/c1-11-4-7-14(12(2)8-11)17(3)10-15(18,9-16)13-5-6-13/h4,7-8,13,18H,5-6,9-10,16H2,1-3H3. The number of hydrogen-bond donors (Lipinski definition) is 2. The Morgan fingerprint density at radius 1 is 1.39 bits per heavy atom. The Labute approximate surface area is 110 Å². The predicted octanol–water partition coefficient (Wildman–Crippen LogP) is 1.84. The molecule has 0 aromatic heterocycles. The molecule has 1 aromatic rings. The summed E-state index contributed by atoms with van der Waals surface area (Å²) in [6, 6.07) is 6.40. The molecule has 1 atom stereocenters. The minimum Gasteiger partial charge on any atom is -0.386 e. The Morgan fingerprint density at radius 3 is 2.56 bits per heavy atom. The number of nitrogens with zero attached hydrogens (tertiary/aromatic N) is 1. The molecule has 100 valence electrons. The number of aliphatic hydroxyl groups is 1. The van der Waals surface area contributed by atoms with E-state index in [9.17, 15) is 5.11 Å². The van der Waals surface area contributed by atoms with E-state index in [4.69, 9.17) is 5.73 Å². The van der Waals surface area contributed by atoms with Crippen LogP contribution in [0.2, 0.25) is 0 Å². The molecule has 0 amide bonds. The third-order valence-corrected chi connectivity index (χ3v) is 3.97. The first-order chi connectivity index (χ1) is 8.46. The van der Waals surface area contributed by atoms with Gasteiger partial charge in [0.1, 0.15) is 0 Å². The van der Waals surface area contributed by atoms with Crippen LogP contribution in [-0.2, 0) is 0 Å². The Morgan fingerprint density at radius 2 is 2.06 bits per heavy atom. The normalized spacial score (nSPS) is 18.5. The third kappa shape index (κ3) is 2.68. The number of benzene rings is 1. The van der Waals surface area contributed by atoms with Gasteiger partial charge in [0.05, 0.1) is 5.60 Å². The van der Waals surface area contributed by atoms with Crippen molar-refractivity contribution in [2.24, 2.45) is 11.7 Å². The number of aryl methyl sites for hydroxylation is 2. The van der Waals surface area contributed by atoms with Crippen LogP contribution in [0.5, 0.6) is 0 Å². The van der Waals surface area contributed by atoms with Gasteiger partial charge in [-0.25, -0.2) is 0 Å². The molecule has 1 fully saturated rings. The van der Waals surface area contributed by atoms with Crippen LogP contribution in [0.1, 0.15) is 24.0 Å². The van der Waals surface area contributed by atoms with Gasteiger partial charge in [0.25, 0.3) is 0 Å². The number of likely N-dealkylation sites (N-methyl/N-ethyl adjacent to an activating group) is 1. The fourth-order valence-corrected chi connectivity index (χ4v) is 2.71. The van der Waals surface area contributed by atoms with Gasteiger partial charge in [-0.3, -0.25) is 0 Å². The molecule has 1 aliphatic carbocycles. The monoisotopic (exact) mass is 248 g/mol. The topological polar surface area (TPSA) is 49.5 Å². The van der Waals surface area contributed by atoms with Gasteiger partial charge in [0.2, 0.25) is 0 Å². The Bertz CT molecular complexity index is 429. The van der Waals surface area contributed by atoms with Crippen molar-refractivity contribution in [2.75, 3.05) is 25.0 Å². The molecule has 18 heavy (non-hydrogen) atoms. The van der Waals surface area contributed by atoms with Gasteiger partial charge in [-0.05, 0) is 44.2 Å². The van der Waals surface area contributed by atoms with Crippen LogP contribution in [0, 0.1) is 19.8 Å². The maximum absolute atomic E-state index is 10.6. The van der Waals surface area contributed by atoms with Crippen molar-refractivity contribution in [2.45, 2.75) is 32.3 Å². The number of anilines is 1. The number of hydrogen-bond acceptors (Lipinski definition) is 3. The number of nitrogens with two attached hydrogens (primary N) is 1. The Hall–Kier alpha value is -1.06. The minimum absolute atomic E-state index is 0.340. The highest BCUT2D eigenvalue weighted by Gasteiger charge is 2.43. The van der Waals surface area contributed by atoms with E-state index in [1.165, 1.54) is 16.8 Å². The van der Waals surface area contributed by atoms with Crippen molar-refractivity contribution in [3.8, 4) is 0 Å². The molecule has 0 aliphatic heterocycles. The van der Waals surface area contributed by atoms with Crippen LogP contribution in [-0.4, -0.2) is 30.8 Å². The van der Waals surface area contributed by atoms with Gasteiger partial charge in [0.15, 0.2) is 0 Å². The van der Waals surface area contributed by atoms with E-state index in [1.54, 1.807) is 0 Å². The summed E-state index contributed by atoms with van der Waals surface area (Å²) in [4.78, 5) is 2.12. The van der Waals surface area contributed by atoms with Crippen molar-refractivity contribution in [1.82, 2.24) is 0 Å². The predicted molar refractivity (Wildman–Crippen MR) is 75.9 cm³/mol. The zero-order chi connectivity index (χ0) is 13.3. The van der Waals surface area contributed by atoms with E-state index in [-0.39, 0.29) is 0 Å². The van der Waals surface area contributed by atoms with Crippen LogP contribution in [0.25, 0.3) is 0 Å². The molecule has 1 unspecified atom stereocenters. The molecule has 2 rings (SSSR count). The van der Waals surface area contributed by atoms with Crippen LogP contribution in [0.3, 0.4) is 0 Å². The second kappa shape index (κ2) is 4.90. The summed E-state index contributed by atoms with van der Waals surface area (Å²) in [5, 5.41) is 10.6. The second-order valence-corrected chi connectivity index (χ2v) is 5.73. The van der Waals surface area contributed by atoms with E-state index in [0.717, 1.165) is 12.8 Å². The lowest BCUT2D eigenvalue weighted by Gasteiger charge is -2.33. The van der Waals surface area contributed by atoms with E-state index in [1.807, 2.05) is 7.05 Å². The molecule has 1 aliphatic rings. The van der Waals surface area contributed by atoms with Gasteiger partial charge < -0.3 is 15.7 Å². The summed E-state index contributed by atoms with van der Waals surface area (Å²) < 4.78 is 0. The van der Waals surface area contributed by atoms with E-state index >= 15 is 0 Å². The van der Waals surface area contributed by atoms with Crippen molar-refractivity contribution >= 4 is 5.69 Å². The summed E-state index contributed by atoms with van der Waals surface area (Å²) in [6.07, 6.45) is 2.21. The molecule has 3 N–H and O–H groups in total. The van der Waals surface area contributed by atoms with Crippen molar-refractivity contribution in [3.63, 3.8) is 0 Å². The molecule has 1 aromatic carbocycles. The lowest BCUT2D eigenvalue weighted by Crippen LogP contribution is -2.49. The largest absolute Gasteiger partial charge is 0.386 e. The fourth-order valence-electron chi connectivity index (χ4n) is 2.71. The molecule has 0 saturated heterocycles. The molecular weight excluding hydrogens is 224 g/mol. The molecule has 3 nitrogen and oxygen atoms in total. The van der Waals surface area contributed by atoms with E-state index in [2.05, 4.69) is 36.9 Å². The molecule has 0 bridgehead atoms. The summed E-state index contributed by atoms with van der Waals surface area (Å²) in [5.74, 6) is 0.385.